The van der Waals surface area contributed by atoms with E-state index in [9.17, 15) is 13.6 Å². The Balaban J connectivity index is 2.73. The molecule has 0 atom stereocenters. The highest BCUT2D eigenvalue weighted by Gasteiger charge is 2.08. The van der Waals surface area contributed by atoms with Gasteiger partial charge in [0.1, 0.15) is 0 Å². The Labute approximate surface area is 78.5 Å². The number of alkyl halides is 2. The van der Waals surface area contributed by atoms with Crippen LogP contribution in [0.1, 0.15) is 10.4 Å². The second-order valence-corrected chi connectivity index (χ2v) is 2.26. The van der Waals surface area contributed by atoms with Crippen molar-refractivity contribution < 1.29 is 23.0 Å². The first-order chi connectivity index (χ1) is 6.63. The standard InChI is InChI=1S/C8H7F2NO3/c1-13-7(12)5-2-3-6(11-4-5)14-8(9)10/h2-4,8H,1H3. The molecule has 0 spiro atoms. The maximum absolute atomic E-state index is 11.7. The summed E-state index contributed by atoms with van der Waals surface area (Å²) in [5.74, 6) is -0.825. The van der Waals surface area contributed by atoms with Crippen LogP contribution < -0.4 is 4.74 Å². The lowest BCUT2D eigenvalue weighted by molar-refractivity contribution is -0.0528. The molecule has 1 aromatic rings. The second kappa shape index (κ2) is 4.50. The first kappa shape index (κ1) is 10.4. The monoisotopic (exact) mass is 203 g/mol. The van der Waals surface area contributed by atoms with Gasteiger partial charge in [-0.25, -0.2) is 9.78 Å². The lowest BCUT2D eigenvalue weighted by atomic mass is 10.3. The van der Waals surface area contributed by atoms with Crippen molar-refractivity contribution in [1.82, 2.24) is 4.98 Å². The summed E-state index contributed by atoms with van der Waals surface area (Å²) in [5, 5.41) is 0. The zero-order chi connectivity index (χ0) is 10.6. The number of hydrogen-bond donors (Lipinski definition) is 0. The first-order valence-electron chi connectivity index (χ1n) is 3.62. The van der Waals surface area contributed by atoms with Gasteiger partial charge in [0.2, 0.25) is 5.88 Å². The second-order valence-electron chi connectivity index (χ2n) is 2.26. The summed E-state index contributed by atoms with van der Waals surface area (Å²) < 4.78 is 31.8. The van der Waals surface area contributed by atoms with Crippen molar-refractivity contribution in [3.05, 3.63) is 23.9 Å². The normalized spacial score (nSPS) is 10.0. The fourth-order valence-corrected chi connectivity index (χ4v) is 0.780. The van der Waals surface area contributed by atoms with E-state index in [1.807, 2.05) is 0 Å². The van der Waals surface area contributed by atoms with Gasteiger partial charge in [-0.05, 0) is 6.07 Å². The van der Waals surface area contributed by atoms with Crippen LogP contribution in [0.2, 0.25) is 0 Å². The molecule has 14 heavy (non-hydrogen) atoms. The fourth-order valence-electron chi connectivity index (χ4n) is 0.780. The molecule has 0 unspecified atom stereocenters. The van der Waals surface area contributed by atoms with E-state index in [0.29, 0.717) is 0 Å². The maximum atomic E-state index is 11.7. The van der Waals surface area contributed by atoms with Crippen molar-refractivity contribution in [1.29, 1.82) is 0 Å². The molecule has 1 heterocycles. The van der Waals surface area contributed by atoms with Gasteiger partial charge in [-0.1, -0.05) is 0 Å². The summed E-state index contributed by atoms with van der Waals surface area (Å²) in [6.07, 6.45) is 1.10. The molecule has 4 nitrogen and oxygen atoms in total. The number of carbonyl (C=O) groups is 1. The Bertz CT molecular complexity index is 313. The van der Waals surface area contributed by atoms with Gasteiger partial charge in [0.15, 0.2) is 0 Å². The van der Waals surface area contributed by atoms with Gasteiger partial charge in [0.25, 0.3) is 0 Å². The first-order valence-corrected chi connectivity index (χ1v) is 3.62. The zero-order valence-corrected chi connectivity index (χ0v) is 7.24. The van der Waals surface area contributed by atoms with Gasteiger partial charge in [0, 0.05) is 12.3 Å². The van der Waals surface area contributed by atoms with Crippen LogP contribution in [-0.2, 0) is 4.74 Å². The van der Waals surface area contributed by atoms with Crippen LogP contribution in [0.25, 0.3) is 0 Å². The predicted molar refractivity (Wildman–Crippen MR) is 42.2 cm³/mol. The van der Waals surface area contributed by atoms with E-state index in [2.05, 4.69) is 14.5 Å². The minimum Gasteiger partial charge on any atom is -0.465 e. The number of halogens is 2. The number of esters is 1. The van der Waals surface area contributed by atoms with Crippen LogP contribution in [-0.4, -0.2) is 24.7 Å². The van der Waals surface area contributed by atoms with Crippen LogP contribution in [0.5, 0.6) is 5.88 Å². The third-order valence-electron chi connectivity index (χ3n) is 1.37. The van der Waals surface area contributed by atoms with Crippen molar-refractivity contribution in [3.63, 3.8) is 0 Å². The maximum Gasteiger partial charge on any atom is 0.388 e. The highest BCUT2D eigenvalue weighted by atomic mass is 19.3. The van der Waals surface area contributed by atoms with E-state index in [0.717, 1.165) is 6.20 Å². The van der Waals surface area contributed by atoms with E-state index in [1.54, 1.807) is 0 Å². The van der Waals surface area contributed by atoms with Gasteiger partial charge in [-0.3, -0.25) is 0 Å². The van der Waals surface area contributed by atoms with Crippen molar-refractivity contribution in [2.75, 3.05) is 7.11 Å². The molecule has 0 aromatic carbocycles. The summed E-state index contributed by atoms with van der Waals surface area (Å²) in [6.45, 7) is -2.92. The van der Waals surface area contributed by atoms with Crippen LogP contribution in [0.4, 0.5) is 8.78 Å². The number of carbonyl (C=O) groups excluding carboxylic acids is 1. The summed E-state index contributed by atoms with van der Waals surface area (Å²) in [6, 6.07) is 2.45. The van der Waals surface area contributed by atoms with Crippen LogP contribution in [0, 0.1) is 0 Å². The highest BCUT2D eigenvalue weighted by molar-refractivity contribution is 5.88. The minimum atomic E-state index is -2.92. The summed E-state index contributed by atoms with van der Waals surface area (Å²) in [5.41, 5.74) is 0.175. The quantitative estimate of drug-likeness (QED) is 0.698. The number of methoxy groups -OCH3 is 1. The van der Waals surface area contributed by atoms with Gasteiger partial charge in [-0.15, -0.1) is 0 Å². The Morgan fingerprint density at radius 1 is 1.50 bits per heavy atom. The number of hydrogen-bond acceptors (Lipinski definition) is 4. The molecular formula is C8H7F2NO3. The van der Waals surface area contributed by atoms with E-state index >= 15 is 0 Å². The summed E-state index contributed by atoms with van der Waals surface area (Å²) in [7, 11) is 1.21. The molecule has 0 saturated carbocycles. The average Bonchev–Trinajstić information content (AvgIpc) is 2.17. The molecule has 76 valence electrons. The lowest BCUT2D eigenvalue weighted by Gasteiger charge is -2.03. The largest absolute Gasteiger partial charge is 0.465 e. The van der Waals surface area contributed by atoms with Crippen molar-refractivity contribution in [2.45, 2.75) is 6.61 Å². The summed E-state index contributed by atoms with van der Waals surface area (Å²) in [4.78, 5) is 14.4. The van der Waals surface area contributed by atoms with Gasteiger partial charge in [0.05, 0.1) is 12.7 Å². The lowest BCUT2D eigenvalue weighted by Crippen LogP contribution is -2.05. The van der Waals surface area contributed by atoms with Gasteiger partial charge < -0.3 is 9.47 Å². The number of pyridine rings is 1. The molecule has 1 aromatic heterocycles. The molecule has 0 aliphatic heterocycles. The molecule has 0 bridgehead atoms. The fraction of sp³-hybridized carbons (Fsp3) is 0.250. The molecule has 0 aliphatic rings. The minimum absolute atomic E-state index is 0.175. The van der Waals surface area contributed by atoms with Crippen LogP contribution in [0.3, 0.4) is 0 Å². The topological polar surface area (TPSA) is 48.4 Å². The SMILES string of the molecule is COC(=O)c1ccc(OC(F)F)nc1. The Hall–Kier alpha value is -1.72. The molecule has 1 rings (SSSR count). The molecular weight excluding hydrogens is 196 g/mol. The molecule has 6 heteroatoms. The van der Waals surface area contributed by atoms with Crippen LogP contribution in [0.15, 0.2) is 18.3 Å². The average molecular weight is 203 g/mol. The van der Waals surface area contributed by atoms with Crippen molar-refractivity contribution in [2.24, 2.45) is 0 Å². The molecule has 0 saturated heterocycles. The molecule has 0 amide bonds. The van der Waals surface area contributed by atoms with E-state index in [1.165, 1.54) is 19.2 Å². The molecule has 0 radical (unpaired) electrons. The summed E-state index contributed by atoms with van der Waals surface area (Å²) >= 11 is 0. The number of aromatic nitrogens is 1. The Morgan fingerprint density at radius 3 is 2.64 bits per heavy atom. The van der Waals surface area contributed by atoms with E-state index < -0.39 is 12.6 Å². The van der Waals surface area contributed by atoms with E-state index in [4.69, 9.17) is 0 Å². The number of ether oxygens (including phenoxy) is 2. The van der Waals surface area contributed by atoms with Crippen molar-refractivity contribution in [3.8, 4) is 5.88 Å². The molecule has 0 aliphatic carbocycles. The molecule has 0 fully saturated rings. The Kier molecular flexibility index (Phi) is 3.33. The predicted octanol–water partition coefficient (Wildman–Crippen LogP) is 1.47. The Morgan fingerprint density at radius 2 is 2.21 bits per heavy atom. The zero-order valence-electron chi connectivity index (χ0n) is 7.24. The van der Waals surface area contributed by atoms with Crippen LogP contribution >= 0.6 is 0 Å². The third-order valence-corrected chi connectivity index (χ3v) is 1.37. The number of nitrogens with zero attached hydrogens (tertiary/aromatic N) is 1. The van der Waals surface area contributed by atoms with E-state index in [-0.39, 0.29) is 11.4 Å². The number of rotatable bonds is 3. The van der Waals surface area contributed by atoms with Crippen molar-refractivity contribution >= 4 is 5.97 Å². The molecule has 0 N–H and O–H groups in total. The van der Waals surface area contributed by atoms with Gasteiger partial charge >= 0.3 is 12.6 Å². The van der Waals surface area contributed by atoms with Gasteiger partial charge in [-0.2, -0.15) is 8.78 Å². The highest BCUT2D eigenvalue weighted by Crippen LogP contribution is 2.11. The smallest absolute Gasteiger partial charge is 0.388 e. The third kappa shape index (κ3) is 2.65.